The van der Waals surface area contributed by atoms with Crippen molar-refractivity contribution in [2.45, 2.75) is 25.5 Å². The molecule has 2 aromatic carbocycles. The second-order valence-corrected chi connectivity index (χ2v) is 7.53. The molecule has 2 fully saturated rings. The van der Waals surface area contributed by atoms with Gasteiger partial charge in [0.2, 0.25) is 5.91 Å². The summed E-state index contributed by atoms with van der Waals surface area (Å²) in [5.41, 5.74) is 1.25. The van der Waals surface area contributed by atoms with Gasteiger partial charge in [0.1, 0.15) is 23.5 Å². The monoisotopic (exact) mass is 418 g/mol. The average Bonchev–Trinajstić information content (AvgIpc) is 3.51. The van der Waals surface area contributed by atoms with Gasteiger partial charge < -0.3 is 9.15 Å². The average molecular weight is 418 g/mol. The van der Waals surface area contributed by atoms with E-state index >= 15 is 0 Å². The molecule has 0 N–H and O–H groups in total. The van der Waals surface area contributed by atoms with Crippen LogP contribution < -0.4 is 14.7 Å². The summed E-state index contributed by atoms with van der Waals surface area (Å²) >= 11 is 0. The summed E-state index contributed by atoms with van der Waals surface area (Å²) in [6, 6.07) is 19.4. The maximum absolute atomic E-state index is 13.5. The van der Waals surface area contributed by atoms with Crippen LogP contribution in [0, 0.1) is 5.92 Å². The number of carbonyl (C=O) groups excluding carboxylic acids is 2. The Labute approximate surface area is 179 Å². The van der Waals surface area contributed by atoms with Gasteiger partial charge >= 0.3 is 0 Å². The number of fused-ring (bicyclic) bond motifs is 1. The van der Waals surface area contributed by atoms with E-state index in [1.807, 2.05) is 37.3 Å². The molecule has 3 heterocycles. The number of imide groups is 1. The van der Waals surface area contributed by atoms with E-state index in [1.54, 1.807) is 47.7 Å². The van der Waals surface area contributed by atoms with E-state index < -0.39 is 18.1 Å². The largest absolute Gasteiger partial charge is 0.494 e. The van der Waals surface area contributed by atoms with Crippen LogP contribution in [0.5, 0.6) is 5.75 Å². The highest BCUT2D eigenvalue weighted by Crippen LogP contribution is 2.47. The Morgan fingerprint density at radius 1 is 0.903 bits per heavy atom. The van der Waals surface area contributed by atoms with E-state index in [0.29, 0.717) is 23.8 Å². The quantitative estimate of drug-likeness (QED) is 0.561. The summed E-state index contributed by atoms with van der Waals surface area (Å²) in [6.45, 7) is 2.64. The van der Waals surface area contributed by atoms with Crippen molar-refractivity contribution in [2.24, 2.45) is 5.92 Å². The number of rotatable bonds is 6. The van der Waals surface area contributed by atoms with Gasteiger partial charge in [-0.3, -0.25) is 14.4 Å². The van der Waals surface area contributed by atoms with E-state index in [1.165, 1.54) is 4.90 Å². The van der Waals surface area contributed by atoms with Gasteiger partial charge in [0, 0.05) is 0 Å². The normalized spacial score (nSPS) is 22.8. The van der Waals surface area contributed by atoms with Crippen LogP contribution >= 0.6 is 0 Å². The first kappa shape index (κ1) is 19.4. The number of hydrogen-bond donors (Lipinski definition) is 0. The van der Waals surface area contributed by atoms with Crippen LogP contribution in [-0.2, 0) is 14.4 Å². The van der Waals surface area contributed by atoms with E-state index in [2.05, 4.69) is 0 Å². The molecule has 0 unspecified atom stereocenters. The minimum atomic E-state index is -0.918. The zero-order chi connectivity index (χ0) is 21.4. The topological polar surface area (TPSA) is 72.2 Å². The maximum Gasteiger partial charge on any atom is 0.266 e. The number of hydrogen-bond acceptors (Lipinski definition) is 6. The Balaban J connectivity index is 1.47. The molecule has 158 valence electrons. The van der Waals surface area contributed by atoms with Crippen molar-refractivity contribution in [3.05, 3.63) is 78.8 Å². The number of amides is 2. The molecule has 1 aromatic heterocycles. The second-order valence-electron chi connectivity index (χ2n) is 7.53. The SMILES string of the molecule is CCCOc1ccc(N2C(=O)[C@H]3[C@@H](c4ccco4)N(c4ccccc4)O[C@H]3C2=O)cc1. The molecule has 2 amide bonds. The number of benzene rings is 2. The lowest BCUT2D eigenvalue weighted by Crippen LogP contribution is -2.37. The second kappa shape index (κ2) is 7.92. The van der Waals surface area contributed by atoms with Crippen LogP contribution in [0.25, 0.3) is 0 Å². The molecule has 0 radical (unpaired) electrons. The Morgan fingerprint density at radius 3 is 2.35 bits per heavy atom. The van der Waals surface area contributed by atoms with Crippen LogP contribution in [-0.4, -0.2) is 24.5 Å². The fraction of sp³-hybridized carbons (Fsp3) is 0.250. The van der Waals surface area contributed by atoms with Crippen LogP contribution in [0.1, 0.15) is 25.1 Å². The Kier molecular flexibility index (Phi) is 4.95. The van der Waals surface area contributed by atoms with Crippen molar-refractivity contribution in [3.8, 4) is 5.75 Å². The Bertz CT molecular complexity index is 1070. The molecule has 2 saturated heterocycles. The fourth-order valence-corrected chi connectivity index (χ4v) is 4.13. The van der Waals surface area contributed by atoms with E-state index in [-0.39, 0.29) is 11.8 Å². The molecule has 3 aromatic rings. The molecule has 0 aliphatic carbocycles. The van der Waals surface area contributed by atoms with Gasteiger partial charge in [0.05, 0.1) is 24.2 Å². The minimum absolute atomic E-state index is 0.308. The van der Waals surface area contributed by atoms with Gasteiger partial charge in [-0.1, -0.05) is 25.1 Å². The standard InChI is InChI=1S/C24H22N2O5/c1-2-14-29-18-12-10-16(11-13-18)25-23(27)20-21(19-9-6-15-30-19)26(31-22(20)24(25)28)17-7-4-3-5-8-17/h3-13,15,20-22H,2,14H2,1H3/t20-,21+,22+/m0/s1. The van der Waals surface area contributed by atoms with Gasteiger partial charge in [-0.05, 0) is 55.0 Å². The minimum Gasteiger partial charge on any atom is -0.494 e. The predicted octanol–water partition coefficient (Wildman–Crippen LogP) is 4.12. The van der Waals surface area contributed by atoms with Gasteiger partial charge in [0.25, 0.3) is 5.91 Å². The summed E-state index contributed by atoms with van der Waals surface area (Å²) in [6.07, 6.45) is 1.54. The van der Waals surface area contributed by atoms with Gasteiger partial charge in [0.15, 0.2) is 6.10 Å². The smallest absolute Gasteiger partial charge is 0.266 e. The lowest BCUT2D eigenvalue weighted by molar-refractivity contribution is -0.126. The summed E-state index contributed by atoms with van der Waals surface area (Å²) in [5.74, 6) is -0.133. The predicted molar refractivity (Wildman–Crippen MR) is 113 cm³/mol. The number of hydroxylamine groups is 1. The molecule has 5 rings (SSSR count). The first-order valence-corrected chi connectivity index (χ1v) is 10.3. The molecule has 7 heteroatoms. The van der Waals surface area contributed by atoms with Gasteiger partial charge in [-0.25, -0.2) is 9.96 Å². The highest BCUT2D eigenvalue weighted by Gasteiger charge is 2.61. The number of carbonyl (C=O) groups is 2. The molecule has 31 heavy (non-hydrogen) atoms. The Hall–Kier alpha value is -3.58. The highest BCUT2D eigenvalue weighted by atomic mass is 16.7. The zero-order valence-corrected chi connectivity index (χ0v) is 17.0. The molecule has 0 spiro atoms. The highest BCUT2D eigenvalue weighted by molar-refractivity contribution is 6.23. The van der Waals surface area contributed by atoms with Gasteiger partial charge in [-0.15, -0.1) is 0 Å². The van der Waals surface area contributed by atoms with Crippen LogP contribution in [0.15, 0.2) is 77.4 Å². The molecular weight excluding hydrogens is 396 g/mol. The number of anilines is 2. The molecular formula is C24H22N2O5. The molecule has 2 aliphatic heterocycles. The summed E-state index contributed by atoms with van der Waals surface area (Å²) in [5, 5.41) is 1.61. The first-order chi connectivity index (χ1) is 15.2. The maximum atomic E-state index is 13.5. The summed E-state index contributed by atoms with van der Waals surface area (Å²) in [4.78, 5) is 34.0. The van der Waals surface area contributed by atoms with Crippen molar-refractivity contribution < 1.29 is 23.6 Å². The lowest BCUT2D eigenvalue weighted by atomic mass is 9.94. The van der Waals surface area contributed by atoms with Crippen molar-refractivity contribution in [3.63, 3.8) is 0 Å². The molecule has 0 bridgehead atoms. The first-order valence-electron chi connectivity index (χ1n) is 10.3. The van der Waals surface area contributed by atoms with Crippen molar-refractivity contribution in [2.75, 3.05) is 16.6 Å². The van der Waals surface area contributed by atoms with E-state index in [4.69, 9.17) is 14.0 Å². The fourth-order valence-electron chi connectivity index (χ4n) is 4.13. The number of ether oxygens (including phenoxy) is 1. The Morgan fingerprint density at radius 2 is 1.68 bits per heavy atom. The lowest BCUT2D eigenvalue weighted by Gasteiger charge is -2.27. The van der Waals surface area contributed by atoms with Crippen LogP contribution in [0.3, 0.4) is 0 Å². The molecule has 3 atom stereocenters. The molecule has 2 aliphatic rings. The number of furan rings is 1. The third-order valence-corrected chi connectivity index (χ3v) is 5.53. The third kappa shape index (κ3) is 3.27. The summed E-state index contributed by atoms with van der Waals surface area (Å²) in [7, 11) is 0. The summed E-state index contributed by atoms with van der Waals surface area (Å²) < 4.78 is 11.2. The van der Waals surface area contributed by atoms with Crippen LogP contribution in [0.4, 0.5) is 11.4 Å². The van der Waals surface area contributed by atoms with Crippen molar-refractivity contribution >= 4 is 23.2 Å². The van der Waals surface area contributed by atoms with E-state index in [0.717, 1.165) is 12.1 Å². The molecule has 0 saturated carbocycles. The van der Waals surface area contributed by atoms with Crippen LogP contribution in [0.2, 0.25) is 0 Å². The van der Waals surface area contributed by atoms with Gasteiger partial charge in [-0.2, -0.15) is 0 Å². The number of para-hydroxylation sites is 1. The molecule has 7 nitrogen and oxygen atoms in total. The third-order valence-electron chi connectivity index (χ3n) is 5.53. The van der Waals surface area contributed by atoms with Crippen molar-refractivity contribution in [1.29, 1.82) is 0 Å². The van der Waals surface area contributed by atoms with Crippen molar-refractivity contribution in [1.82, 2.24) is 0 Å². The van der Waals surface area contributed by atoms with E-state index in [9.17, 15) is 9.59 Å². The zero-order valence-electron chi connectivity index (χ0n) is 17.0. The number of nitrogens with zero attached hydrogens (tertiary/aromatic N) is 2.